The van der Waals surface area contributed by atoms with Crippen molar-refractivity contribution in [1.82, 2.24) is 16.0 Å². The van der Waals surface area contributed by atoms with Crippen LogP contribution >= 0.6 is 0 Å². The molecule has 0 aromatic rings. The quantitative estimate of drug-likeness (QED) is 0.0683. The van der Waals surface area contributed by atoms with E-state index in [1.54, 1.807) is 0 Å². The van der Waals surface area contributed by atoms with Crippen LogP contribution in [0.1, 0.15) is 20.8 Å². The van der Waals surface area contributed by atoms with E-state index in [-0.39, 0.29) is 0 Å². The second kappa shape index (κ2) is 23.2. The Morgan fingerprint density at radius 1 is 0.400 bits per heavy atom. The van der Waals surface area contributed by atoms with Gasteiger partial charge < -0.3 is 130 Å². The third-order valence-corrected chi connectivity index (χ3v) is 11.5. The van der Waals surface area contributed by atoms with Crippen molar-refractivity contribution < 1.29 is 129 Å². The molecule has 5 fully saturated rings. The number of amides is 3. The van der Waals surface area contributed by atoms with E-state index in [1.807, 2.05) is 0 Å². The summed E-state index contributed by atoms with van der Waals surface area (Å²) in [5.74, 6) is -2.21. The number of ether oxygens (including phenoxy) is 9. The topological polar surface area (TPSA) is 454 Å². The van der Waals surface area contributed by atoms with Gasteiger partial charge in [-0.1, -0.05) is 0 Å². The van der Waals surface area contributed by atoms with Gasteiger partial charge >= 0.3 is 0 Å². The van der Waals surface area contributed by atoms with Crippen molar-refractivity contribution in [3.05, 3.63) is 0 Å². The molecule has 5 aliphatic heterocycles. The van der Waals surface area contributed by atoms with Gasteiger partial charge in [-0.25, -0.2) is 0 Å². The van der Waals surface area contributed by atoms with Gasteiger partial charge in [-0.2, -0.15) is 0 Å². The van der Waals surface area contributed by atoms with Crippen LogP contribution in [0.3, 0.4) is 0 Å². The van der Waals surface area contributed by atoms with Crippen LogP contribution in [-0.2, 0) is 57.0 Å². The van der Waals surface area contributed by atoms with Gasteiger partial charge in [0.05, 0.1) is 33.0 Å². The van der Waals surface area contributed by atoms with Gasteiger partial charge in [0.1, 0.15) is 122 Å². The first kappa shape index (κ1) is 53.4. The molecule has 5 aliphatic rings. The molecule has 65 heavy (non-hydrogen) atoms. The summed E-state index contributed by atoms with van der Waals surface area (Å²) in [6, 6.07) is -4.67. The number of rotatable bonds is 16. The smallest absolute Gasteiger partial charge is 0.217 e. The maximum absolute atomic E-state index is 12.4. The molecule has 0 aliphatic carbocycles. The molecule has 0 saturated carbocycles. The normalized spacial score (nSPS) is 47.1. The predicted octanol–water partition coefficient (Wildman–Crippen LogP) is -11.5. The highest BCUT2D eigenvalue weighted by atomic mass is 16.8. The van der Waals surface area contributed by atoms with Crippen molar-refractivity contribution >= 4 is 17.7 Å². The first-order valence-electron chi connectivity index (χ1n) is 20.6. The van der Waals surface area contributed by atoms with Crippen LogP contribution < -0.4 is 16.0 Å². The molecular formula is C36H61N3O26. The van der Waals surface area contributed by atoms with Gasteiger partial charge in [-0.15, -0.1) is 0 Å². The molecule has 0 radical (unpaired) electrons. The summed E-state index contributed by atoms with van der Waals surface area (Å²) < 4.78 is 51.0. The number of carbonyl (C=O) groups is 3. The van der Waals surface area contributed by atoms with Crippen LogP contribution in [0.4, 0.5) is 0 Å². The van der Waals surface area contributed by atoms with Crippen molar-refractivity contribution in [2.75, 3.05) is 33.0 Å². The zero-order chi connectivity index (χ0) is 48.2. The summed E-state index contributed by atoms with van der Waals surface area (Å²) >= 11 is 0. The Kier molecular flexibility index (Phi) is 19.1. The molecule has 5 rings (SSSR count). The molecule has 29 heteroatoms. The lowest BCUT2D eigenvalue weighted by Crippen LogP contribution is -2.69. The van der Waals surface area contributed by atoms with Gasteiger partial charge in [-0.3, -0.25) is 14.4 Å². The van der Waals surface area contributed by atoms with Crippen LogP contribution in [0, 0.1) is 0 Å². The highest BCUT2D eigenvalue weighted by Crippen LogP contribution is 2.34. The van der Waals surface area contributed by atoms with E-state index in [0.717, 1.165) is 20.8 Å². The standard InChI is InChI=1S/C36H61N3O26/c1-9(44)37-17-24(51)20(47)12(4-40)59-34(17)64-30-23(50)16(58-32(56)27(30)54)8-57-33-19(39-11(3)46)26(53)29(15(7-43)62-33)63-36-28(55)31(22(49)14(6-42)61-36)65-35-18(38-10(2)45)25(52)21(48)13(5-41)60-35/h12-36,40-43,47-56H,4-8H2,1-3H3,(H,37,44)(H,38,45)(H,39,46)/t12-,13-,14-,15-,16-,17-,18-,19-,20-,21-,22+,23+,24-,25-,26-,27-,28-,29-,30+,31+,32?,33-,34+,35+,36+/m1/s1. The summed E-state index contributed by atoms with van der Waals surface area (Å²) in [5.41, 5.74) is 0. The van der Waals surface area contributed by atoms with Crippen molar-refractivity contribution in [3.8, 4) is 0 Å². The Hall–Kier alpha value is -2.51. The average molecular weight is 952 g/mol. The molecule has 25 atom stereocenters. The molecular weight excluding hydrogens is 890 g/mol. The fraction of sp³-hybridized carbons (Fsp3) is 0.917. The Labute approximate surface area is 369 Å². The van der Waals surface area contributed by atoms with Crippen molar-refractivity contribution in [2.24, 2.45) is 0 Å². The highest BCUT2D eigenvalue weighted by Gasteiger charge is 2.56. The van der Waals surface area contributed by atoms with E-state index < -0.39 is 204 Å². The summed E-state index contributed by atoms with van der Waals surface area (Å²) in [7, 11) is 0. The summed E-state index contributed by atoms with van der Waals surface area (Å²) in [6.07, 6.45) is -39.4. The van der Waals surface area contributed by atoms with E-state index in [2.05, 4.69) is 16.0 Å². The monoisotopic (exact) mass is 951 g/mol. The van der Waals surface area contributed by atoms with Crippen LogP contribution in [0.15, 0.2) is 0 Å². The molecule has 0 spiro atoms. The minimum absolute atomic E-state index is 0.713. The Bertz CT molecular complexity index is 1560. The molecule has 5 saturated heterocycles. The Morgan fingerprint density at radius 2 is 0.769 bits per heavy atom. The van der Waals surface area contributed by atoms with E-state index >= 15 is 0 Å². The summed E-state index contributed by atoms with van der Waals surface area (Å²) in [6.45, 7) is -1.16. The van der Waals surface area contributed by atoms with Crippen molar-refractivity contribution in [2.45, 2.75) is 174 Å². The number of carbonyl (C=O) groups excluding carboxylic acids is 3. The largest absolute Gasteiger partial charge is 0.394 e. The van der Waals surface area contributed by atoms with E-state index in [0.29, 0.717) is 0 Å². The Balaban J connectivity index is 1.32. The molecule has 29 nitrogen and oxygen atoms in total. The molecule has 1 unspecified atom stereocenters. The van der Waals surface area contributed by atoms with Crippen LogP contribution in [-0.4, -0.2) is 276 Å². The van der Waals surface area contributed by atoms with Gasteiger partial charge in [0.15, 0.2) is 31.5 Å². The third kappa shape index (κ3) is 12.0. The maximum atomic E-state index is 12.4. The van der Waals surface area contributed by atoms with Gasteiger partial charge in [0.25, 0.3) is 0 Å². The molecule has 0 aromatic carbocycles. The van der Waals surface area contributed by atoms with Gasteiger partial charge in [0.2, 0.25) is 17.7 Å². The van der Waals surface area contributed by atoms with Crippen LogP contribution in [0.2, 0.25) is 0 Å². The first-order chi connectivity index (χ1) is 30.7. The second-order valence-corrected chi connectivity index (χ2v) is 16.2. The number of aliphatic hydroxyl groups excluding tert-OH is 14. The molecule has 5 heterocycles. The predicted molar refractivity (Wildman–Crippen MR) is 201 cm³/mol. The fourth-order valence-corrected chi connectivity index (χ4v) is 8.13. The number of hydrogen-bond acceptors (Lipinski definition) is 26. The second-order valence-electron chi connectivity index (χ2n) is 16.2. The lowest BCUT2D eigenvalue weighted by Gasteiger charge is -2.49. The maximum Gasteiger partial charge on any atom is 0.217 e. The Morgan fingerprint density at radius 3 is 1.22 bits per heavy atom. The third-order valence-electron chi connectivity index (χ3n) is 11.5. The molecule has 0 bridgehead atoms. The lowest BCUT2D eigenvalue weighted by atomic mass is 9.94. The SMILES string of the molecule is CC(=O)N[C@H]1[C@H](OC[C@H]2OC(O)[C@H](O)[C@@H](O[C@@H]3O[C@H](CO)[C@@H](O)[C@H](O)[C@H]3NC(C)=O)[C@H]2O)O[C@H](CO)[C@@H](O[C@@H]2O[C@H](CO)[C@H](O)[C@H](O[C@@H]3O[C@H](CO)[C@@H](O)[C@H](O)[C@H]3NC(C)=O)[C@H]2O)[C@@H]1O. The molecule has 17 N–H and O–H groups in total. The minimum atomic E-state index is -2.10. The zero-order valence-electron chi connectivity index (χ0n) is 35.1. The van der Waals surface area contributed by atoms with Crippen molar-refractivity contribution in [3.63, 3.8) is 0 Å². The number of nitrogens with one attached hydrogen (secondary N) is 3. The highest BCUT2D eigenvalue weighted by molar-refractivity contribution is 5.74. The van der Waals surface area contributed by atoms with E-state index in [1.165, 1.54) is 0 Å². The number of hydrogen-bond donors (Lipinski definition) is 17. The average Bonchev–Trinajstić information content (AvgIpc) is 3.25. The van der Waals surface area contributed by atoms with E-state index in [9.17, 15) is 85.9 Å². The van der Waals surface area contributed by atoms with Crippen molar-refractivity contribution in [1.29, 1.82) is 0 Å². The van der Waals surface area contributed by atoms with Crippen LogP contribution in [0.5, 0.6) is 0 Å². The van der Waals surface area contributed by atoms with E-state index in [4.69, 9.17) is 42.6 Å². The summed E-state index contributed by atoms with van der Waals surface area (Å²) in [5, 5.41) is 156. The summed E-state index contributed by atoms with van der Waals surface area (Å²) in [4.78, 5) is 36.3. The first-order valence-corrected chi connectivity index (χ1v) is 20.6. The zero-order valence-corrected chi connectivity index (χ0v) is 35.1. The molecule has 3 amide bonds. The number of aliphatic hydroxyl groups is 14. The lowest BCUT2D eigenvalue weighted by molar-refractivity contribution is -0.371. The molecule has 0 aromatic heterocycles. The fourth-order valence-electron chi connectivity index (χ4n) is 8.13. The van der Waals surface area contributed by atoms with Crippen LogP contribution in [0.25, 0.3) is 0 Å². The molecule has 376 valence electrons. The minimum Gasteiger partial charge on any atom is -0.394 e. The van der Waals surface area contributed by atoms with Gasteiger partial charge in [0, 0.05) is 20.8 Å². The van der Waals surface area contributed by atoms with Gasteiger partial charge in [-0.05, 0) is 0 Å².